The minimum Gasteiger partial charge on any atom is -0.480 e. The molecule has 2 heteroatoms. The van der Waals surface area contributed by atoms with Gasteiger partial charge in [-0.25, -0.2) is 0 Å². The minimum atomic E-state index is 0.0930. The van der Waals surface area contributed by atoms with E-state index >= 15 is 0 Å². The average molecular weight is 238 g/mol. The Morgan fingerprint density at radius 2 is 1.50 bits per heavy atom. The van der Waals surface area contributed by atoms with Crippen LogP contribution in [0.1, 0.15) is 52.7 Å². The predicted molar refractivity (Wildman–Crippen MR) is 74.2 cm³/mol. The van der Waals surface area contributed by atoms with Crippen molar-refractivity contribution < 1.29 is 4.52 Å². The summed E-state index contributed by atoms with van der Waals surface area (Å²) in [4.78, 5) is 0. The summed E-state index contributed by atoms with van der Waals surface area (Å²) in [5.74, 6) is 0.963. The van der Waals surface area contributed by atoms with Crippen molar-refractivity contribution in [3.63, 3.8) is 0 Å². The molecular weight excluding hydrogens is 215 g/mol. The maximum Gasteiger partial charge on any atom is 0.126 e. The van der Waals surface area contributed by atoms with Gasteiger partial charge in [0.1, 0.15) is 5.75 Å². The van der Waals surface area contributed by atoms with E-state index in [4.69, 9.17) is 4.52 Å². The van der Waals surface area contributed by atoms with Gasteiger partial charge in [0, 0.05) is 5.56 Å². The summed E-state index contributed by atoms with van der Waals surface area (Å²) >= 11 is 0. The molecule has 1 aromatic carbocycles. The standard InChI is InChI=1S/C14H23OP/c1-13(2,3)10-8-7-9-11(15-16)12(10)14(4,5)6/h7-9H,16H2,1-6H3. The Morgan fingerprint density at radius 1 is 0.938 bits per heavy atom. The highest BCUT2D eigenvalue weighted by atomic mass is 31.0. The highest BCUT2D eigenvalue weighted by molar-refractivity contribution is 7.10. The monoisotopic (exact) mass is 238 g/mol. The van der Waals surface area contributed by atoms with Gasteiger partial charge in [-0.2, -0.15) is 0 Å². The van der Waals surface area contributed by atoms with Crippen LogP contribution in [0.4, 0.5) is 0 Å². The van der Waals surface area contributed by atoms with Crippen molar-refractivity contribution >= 4 is 9.47 Å². The first-order chi connectivity index (χ1) is 7.18. The van der Waals surface area contributed by atoms with Crippen molar-refractivity contribution in [2.45, 2.75) is 52.4 Å². The van der Waals surface area contributed by atoms with Crippen LogP contribution >= 0.6 is 9.47 Å². The van der Waals surface area contributed by atoms with E-state index in [1.165, 1.54) is 11.1 Å². The van der Waals surface area contributed by atoms with Crippen LogP contribution < -0.4 is 4.52 Å². The van der Waals surface area contributed by atoms with E-state index in [0.717, 1.165) is 5.75 Å². The topological polar surface area (TPSA) is 9.23 Å². The Labute approximate surface area is 102 Å². The Morgan fingerprint density at radius 3 is 1.88 bits per heavy atom. The Hall–Kier alpha value is -0.550. The third kappa shape index (κ3) is 2.77. The van der Waals surface area contributed by atoms with Crippen molar-refractivity contribution in [3.8, 4) is 5.75 Å². The van der Waals surface area contributed by atoms with Crippen LogP contribution in [0.2, 0.25) is 0 Å². The van der Waals surface area contributed by atoms with Crippen LogP contribution in [0.5, 0.6) is 5.75 Å². The fourth-order valence-electron chi connectivity index (χ4n) is 2.03. The van der Waals surface area contributed by atoms with Gasteiger partial charge in [0.05, 0.1) is 9.47 Å². The molecule has 0 fully saturated rings. The molecule has 1 aromatic rings. The molecule has 0 aliphatic rings. The van der Waals surface area contributed by atoms with Crippen molar-refractivity contribution in [1.82, 2.24) is 0 Å². The zero-order chi connectivity index (χ0) is 12.6. The molecule has 0 bridgehead atoms. The summed E-state index contributed by atoms with van der Waals surface area (Å²) in [6.07, 6.45) is 0. The molecule has 1 atom stereocenters. The Balaban J connectivity index is 3.51. The van der Waals surface area contributed by atoms with Crippen LogP contribution in [0.25, 0.3) is 0 Å². The number of hydrogen-bond acceptors (Lipinski definition) is 1. The van der Waals surface area contributed by atoms with E-state index in [2.05, 4.69) is 63.1 Å². The molecule has 1 nitrogen and oxygen atoms in total. The highest BCUT2D eigenvalue weighted by Gasteiger charge is 2.27. The molecule has 1 rings (SSSR count). The van der Waals surface area contributed by atoms with E-state index in [0.29, 0.717) is 0 Å². The first-order valence-corrected chi connectivity index (χ1v) is 6.16. The molecule has 90 valence electrons. The Kier molecular flexibility index (Phi) is 3.69. The molecule has 16 heavy (non-hydrogen) atoms. The van der Waals surface area contributed by atoms with Gasteiger partial charge >= 0.3 is 0 Å². The molecule has 0 N–H and O–H groups in total. The van der Waals surface area contributed by atoms with Gasteiger partial charge in [0.2, 0.25) is 0 Å². The summed E-state index contributed by atoms with van der Waals surface area (Å²) in [7, 11) is 2.35. The second-order valence-electron chi connectivity index (χ2n) is 6.30. The Bertz CT molecular complexity index is 369. The van der Waals surface area contributed by atoms with Gasteiger partial charge in [-0.3, -0.25) is 0 Å². The fraction of sp³-hybridized carbons (Fsp3) is 0.571. The van der Waals surface area contributed by atoms with E-state index in [1.807, 2.05) is 6.07 Å². The zero-order valence-corrected chi connectivity index (χ0v) is 12.4. The molecule has 0 spiro atoms. The lowest BCUT2D eigenvalue weighted by molar-refractivity contribution is 0.505. The highest BCUT2D eigenvalue weighted by Crippen LogP contribution is 2.40. The van der Waals surface area contributed by atoms with Crippen LogP contribution in [0.15, 0.2) is 18.2 Å². The lowest BCUT2D eigenvalue weighted by atomic mass is 9.75. The van der Waals surface area contributed by atoms with Crippen LogP contribution in [0, 0.1) is 0 Å². The van der Waals surface area contributed by atoms with Crippen LogP contribution in [-0.4, -0.2) is 0 Å². The van der Waals surface area contributed by atoms with Crippen molar-refractivity contribution in [2.75, 3.05) is 0 Å². The van der Waals surface area contributed by atoms with Gasteiger partial charge in [0.25, 0.3) is 0 Å². The SMILES string of the molecule is CC(C)(C)c1cccc(OP)c1C(C)(C)C. The minimum absolute atomic E-state index is 0.0930. The zero-order valence-electron chi connectivity index (χ0n) is 11.2. The van der Waals surface area contributed by atoms with Gasteiger partial charge in [0.15, 0.2) is 0 Å². The van der Waals surface area contributed by atoms with Gasteiger partial charge in [-0.1, -0.05) is 53.7 Å². The second kappa shape index (κ2) is 4.37. The van der Waals surface area contributed by atoms with Crippen LogP contribution in [-0.2, 0) is 10.8 Å². The van der Waals surface area contributed by atoms with Crippen molar-refractivity contribution in [3.05, 3.63) is 29.3 Å². The third-order valence-electron chi connectivity index (χ3n) is 2.71. The average Bonchev–Trinajstić information content (AvgIpc) is 2.13. The summed E-state index contributed by atoms with van der Waals surface area (Å²) < 4.78 is 5.42. The summed E-state index contributed by atoms with van der Waals surface area (Å²) in [5.41, 5.74) is 2.90. The molecule has 0 heterocycles. The molecule has 0 radical (unpaired) electrons. The molecule has 0 amide bonds. The molecule has 0 aromatic heterocycles. The maximum absolute atomic E-state index is 5.42. The summed E-state index contributed by atoms with van der Waals surface area (Å²) in [6.45, 7) is 13.4. The first kappa shape index (κ1) is 13.5. The lowest BCUT2D eigenvalue weighted by Gasteiger charge is -2.31. The summed E-state index contributed by atoms with van der Waals surface area (Å²) in [5, 5.41) is 0. The number of benzene rings is 1. The third-order valence-corrected chi connectivity index (χ3v) is 2.97. The van der Waals surface area contributed by atoms with Gasteiger partial charge in [-0.05, 0) is 22.5 Å². The van der Waals surface area contributed by atoms with E-state index in [1.54, 1.807) is 0 Å². The lowest BCUT2D eigenvalue weighted by Crippen LogP contribution is -2.22. The molecule has 0 saturated carbocycles. The van der Waals surface area contributed by atoms with E-state index in [-0.39, 0.29) is 10.8 Å². The van der Waals surface area contributed by atoms with Gasteiger partial charge in [-0.15, -0.1) is 0 Å². The molecule has 0 aliphatic heterocycles. The quantitative estimate of drug-likeness (QED) is 0.657. The molecule has 0 saturated heterocycles. The van der Waals surface area contributed by atoms with Crippen molar-refractivity contribution in [2.24, 2.45) is 0 Å². The smallest absolute Gasteiger partial charge is 0.126 e. The number of rotatable bonds is 1. The first-order valence-electron chi connectivity index (χ1n) is 5.68. The molecular formula is C14H23OP. The predicted octanol–water partition coefficient (Wildman–Crippen LogP) is 4.45. The second-order valence-corrected chi connectivity index (χ2v) is 6.53. The molecule has 0 aliphatic carbocycles. The summed E-state index contributed by atoms with van der Waals surface area (Å²) in [6, 6.07) is 6.30. The fourth-order valence-corrected chi connectivity index (χ4v) is 2.22. The molecule has 1 unspecified atom stereocenters. The normalized spacial score (nSPS) is 12.7. The maximum atomic E-state index is 5.42. The van der Waals surface area contributed by atoms with E-state index in [9.17, 15) is 0 Å². The van der Waals surface area contributed by atoms with Crippen LogP contribution in [0.3, 0.4) is 0 Å². The number of hydrogen-bond donors (Lipinski definition) is 0. The largest absolute Gasteiger partial charge is 0.480 e. The van der Waals surface area contributed by atoms with Gasteiger partial charge < -0.3 is 4.52 Å². The van der Waals surface area contributed by atoms with Crippen molar-refractivity contribution in [1.29, 1.82) is 0 Å². The van der Waals surface area contributed by atoms with E-state index < -0.39 is 0 Å².